The summed E-state index contributed by atoms with van der Waals surface area (Å²) in [7, 11) is 0. The zero-order valence-electron chi connectivity index (χ0n) is 9.70. The van der Waals surface area contributed by atoms with E-state index in [1.165, 1.54) is 30.3 Å². The molecule has 0 aliphatic carbocycles. The Bertz CT molecular complexity index is 638. The van der Waals surface area contributed by atoms with E-state index >= 15 is 0 Å². The van der Waals surface area contributed by atoms with Crippen molar-refractivity contribution in [2.45, 2.75) is 6.04 Å². The van der Waals surface area contributed by atoms with Gasteiger partial charge in [0.25, 0.3) is 0 Å². The van der Waals surface area contributed by atoms with Gasteiger partial charge in [0, 0.05) is 11.3 Å². The molecule has 19 heavy (non-hydrogen) atoms. The Balaban J connectivity index is 2.31. The van der Waals surface area contributed by atoms with Crippen molar-refractivity contribution in [3.8, 4) is 6.07 Å². The summed E-state index contributed by atoms with van der Waals surface area (Å²) in [6, 6.07) is 11.0. The minimum Gasteiger partial charge on any atom is -0.366 e. The number of halogens is 3. The zero-order valence-corrected chi connectivity index (χ0v) is 10.5. The molecular weight excluding hydrogens is 270 g/mol. The quantitative estimate of drug-likeness (QED) is 0.909. The third kappa shape index (κ3) is 3.01. The van der Waals surface area contributed by atoms with E-state index in [-0.39, 0.29) is 10.6 Å². The monoisotopic (exact) mass is 278 g/mol. The maximum atomic E-state index is 13.8. The highest BCUT2D eigenvalue weighted by Gasteiger charge is 2.17. The molecule has 0 saturated heterocycles. The number of hydrogen-bond acceptors (Lipinski definition) is 2. The van der Waals surface area contributed by atoms with Crippen molar-refractivity contribution in [1.82, 2.24) is 0 Å². The van der Waals surface area contributed by atoms with Crippen molar-refractivity contribution in [3.05, 3.63) is 64.7 Å². The van der Waals surface area contributed by atoms with E-state index in [1.807, 2.05) is 6.07 Å². The fourth-order valence-corrected chi connectivity index (χ4v) is 1.85. The first-order valence-corrected chi connectivity index (χ1v) is 5.85. The molecule has 2 aromatic rings. The molecule has 2 aromatic carbocycles. The summed E-state index contributed by atoms with van der Waals surface area (Å²) in [6.07, 6.45) is 0. The van der Waals surface area contributed by atoms with Gasteiger partial charge in [0.05, 0.1) is 11.1 Å². The Morgan fingerprint density at radius 3 is 2.58 bits per heavy atom. The molecule has 1 unspecified atom stereocenters. The molecule has 0 fully saturated rings. The Labute approximate surface area is 114 Å². The third-order valence-corrected chi connectivity index (χ3v) is 2.85. The molecule has 0 aromatic heterocycles. The minimum atomic E-state index is -0.944. The van der Waals surface area contributed by atoms with Crippen molar-refractivity contribution < 1.29 is 8.78 Å². The van der Waals surface area contributed by atoms with E-state index in [9.17, 15) is 8.78 Å². The van der Waals surface area contributed by atoms with Crippen LogP contribution in [0.5, 0.6) is 0 Å². The number of anilines is 1. The SMILES string of the molecule is N#CC(Nc1cccc(F)c1)c1cccc(Cl)c1F. The zero-order chi connectivity index (χ0) is 13.8. The van der Waals surface area contributed by atoms with Gasteiger partial charge in [-0.2, -0.15) is 5.26 Å². The normalized spacial score (nSPS) is 11.7. The number of benzene rings is 2. The van der Waals surface area contributed by atoms with Crippen LogP contribution in [0.15, 0.2) is 42.5 Å². The molecule has 0 radical (unpaired) electrons. The highest BCUT2D eigenvalue weighted by Crippen LogP contribution is 2.26. The molecule has 0 aliphatic heterocycles. The molecule has 0 aliphatic rings. The van der Waals surface area contributed by atoms with Gasteiger partial charge in [-0.3, -0.25) is 0 Å². The lowest BCUT2D eigenvalue weighted by Gasteiger charge is -2.14. The smallest absolute Gasteiger partial charge is 0.148 e. The summed E-state index contributed by atoms with van der Waals surface area (Å²) in [5.41, 5.74) is 0.519. The van der Waals surface area contributed by atoms with Crippen molar-refractivity contribution in [2.75, 3.05) is 5.32 Å². The van der Waals surface area contributed by atoms with E-state index in [2.05, 4.69) is 5.32 Å². The maximum absolute atomic E-state index is 13.8. The third-order valence-electron chi connectivity index (χ3n) is 2.56. The van der Waals surface area contributed by atoms with E-state index in [0.717, 1.165) is 0 Å². The lowest BCUT2D eigenvalue weighted by Crippen LogP contribution is -2.10. The van der Waals surface area contributed by atoms with Gasteiger partial charge in [0.1, 0.15) is 17.7 Å². The van der Waals surface area contributed by atoms with Crippen molar-refractivity contribution >= 4 is 17.3 Å². The number of hydrogen-bond donors (Lipinski definition) is 1. The summed E-state index contributed by atoms with van der Waals surface area (Å²) in [5.74, 6) is -1.09. The van der Waals surface area contributed by atoms with Crippen molar-refractivity contribution in [3.63, 3.8) is 0 Å². The van der Waals surface area contributed by atoms with E-state index < -0.39 is 17.7 Å². The van der Waals surface area contributed by atoms with Gasteiger partial charge in [-0.25, -0.2) is 8.78 Å². The lowest BCUT2D eigenvalue weighted by molar-refractivity contribution is 0.607. The molecule has 0 heterocycles. The van der Waals surface area contributed by atoms with Crippen molar-refractivity contribution in [1.29, 1.82) is 5.26 Å². The second kappa shape index (κ2) is 5.68. The van der Waals surface area contributed by atoms with Crippen LogP contribution in [0.3, 0.4) is 0 Å². The van der Waals surface area contributed by atoms with Gasteiger partial charge in [0.15, 0.2) is 0 Å². The van der Waals surface area contributed by atoms with Crippen LogP contribution in [0.2, 0.25) is 5.02 Å². The van der Waals surface area contributed by atoms with Gasteiger partial charge in [-0.05, 0) is 24.3 Å². The average molecular weight is 279 g/mol. The number of rotatable bonds is 3. The van der Waals surface area contributed by atoms with Gasteiger partial charge in [-0.15, -0.1) is 0 Å². The molecular formula is C14H9ClF2N2. The molecule has 0 amide bonds. The van der Waals surface area contributed by atoms with Crippen LogP contribution in [-0.2, 0) is 0 Å². The molecule has 96 valence electrons. The van der Waals surface area contributed by atoms with Crippen LogP contribution < -0.4 is 5.32 Å². The highest BCUT2D eigenvalue weighted by atomic mass is 35.5. The van der Waals surface area contributed by atoms with Gasteiger partial charge in [-0.1, -0.05) is 29.8 Å². The predicted molar refractivity (Wildman–Crippen MR) is 69.8 cm³/mol. The first-order valence-electron chi connectivity index (χ1n) is 5.47. The fraction of sp³-hybridized carbons (Fsp3) is 0.0714. The number of nitriles is 1. The second-order valence-corrected chi connectivity index (χ2v) is 4.27. The molecule has 2 nitrogen and oxygen atoms in total. The summed E-state index contributed by atoms with van der Waals surface area (Å²) in [5, 5.41) is 11.8. The standard InChI is InChI=1S/C14H9ClF2N2/c15-12-6-2-5-11(14(12)17)13(8-18)19-10-4-1-3-9(16)7-10/h1-7,13,19H. The molecule has 2 rings (SSSR count). The van der Waals surface area contributed by atoms with Crippen LogP contribution in [0.4, 0.5) is 14.5 Å². The Hall–Kier alpha value is -2.12. The summed E-state index contributed by atoms with van der Waals surface area (Å²) >= 11 is 5.67. The number of nitrogens with zero attached hydrogens (tertiary/aromatic N) is 1. The predicted octanol–water partition coefficient (Wildman–Crippen LogP) is 4.29. The molecule has 0 spiro atoms. The Kier molecular flexibility index (Phi) is 3.98. The maximum Gasteiger partial charge on any atom is 0.148 e. The highest BCUT2D eigenvalue weighted by molar-refractivity contribution is 6.30. The average Bonchev–Trinajstić information content (AvgIpc) is 2.40. The molecule has 0 bridgehead atoms. The first-order chi connectivity index (χ1) is 9.11. The summed E-state index contributed by atoms with van der Waals surface area (Å²) in [4.78, 5) is 0. The number of nitrogens with one attached hydrogen (secondary N) is 1. The van der Waals surface area contributed by atoms with E-state index in [1.54, 1.807) is 12.1 Å². The van der Waals surface area contributed by atoms with Crippen LogP contribution in [0.1, 0.15) is 11.6 Å². The topological polar surface area (TPSA) is 35.8 Å². The summed E-state index contributed by atoms with van der Waals surface area (Å²) < 4.78 is 26.9. The van der Waals surface area contributed by atoms with Crippen LogP contribution in [0.25, 0.3) is 0 Å². The molecule has 1 N–H and O–H groups in total. The Morgan fingerprint density at radius 2 is 1.89 bits per heavy atom. The minimum absolute atomic E-state index is 0.0567. The molecule has 1 atom stereocenters. The van der Waals surface area contributed by atoms with Gasteiger partial charge in [0.2, 0.25) is 0 Å². The first kappa shape index (κ1) is 13.3. The van der Waals surface area contributed by atoms with Gasteiger partial charge >= 0.3 is 0 Å². The summed E-state index contributed by atoms with van der Waals surface area (Å²) in [6.45, 7) is 0. The van der Waals surface area contributed by atoms with Gasteiger partial charge < -0.3 is 5.32 Å². The largest absolute Gasteiger partial charge is 0.366 e. The lowest BCUT2D eigenvalue weighted by atomic mass is 10.1. The van der Waals surface area contributed by atoms with Crippen LogP contribution in [-0.4, -0.2) is 0 Å². The second-order valence-electron chi connectivity index (χ2n) is 3.86. The molecule has 5 heteroatoms. The van der Waals surface area contributed by atoms with Crippen molar-refractivity contribution in [2.24, 2.45) is 0 Å². The van der Waals surface area contributed by atoms with E-state index in [4.69, 9.17) is 16.9 Å². The van der Waals surface area contributed by atoms with E-state index in [0.29, 0.717) is 5.69 Å². The Morgan fingerprint density at radius 1 is 1.16 bits per heavy atom. The molecule has 0 saturated carbocycles. The van der Waals surface area contributed by atoms with Crippen LogP contribution >= 0.6 is 11.6 Å². The van der Waals surface area contributed by atoms with Crippen LogP contribution in [0, 0.1) is 23.0 Å². The fourth-order valence-electron chi connectivity index (χ4n) is 1.67.